The minimum absolute atomic E-state index is 0.301. The van der Waals surface area contributed by atoms with E-state index in [2.05, 4.69) is 22.5 Å². The number of rotatable bonds is 5. The maximum absolute atomic E-state index is 12.4. The van der Waals surface area contributed by atoms with Crippen LogP contribution in [0.2, 0.25) is 0 Å². The van der Waals surface area contributed by atoms with Crippen LogP contribution in [0.1, 0.15) is 24.3 Å². The van der Waals surface area contributed by atoms with Crippen LogP contribution in [0, 0.1) is 5.92 Å². The summed E-state index contributed by atoms with van der Waals surface area (Å²) in [6, 6.07) is 8.31. The SMILES string of the molecule is COc1ccc(C2CN(C(=O)C[C@@H]3CCNC3)C2)cc1-c1ccnn1C.O=C(O)C(F)(F)F. The standard InChI is InChI=1S/C20H26N4O2.C2HF3O2/c1-23-18(6-8-22-23)17-10-15(3-4-19(17)26-2)16-12-24(13-16)20(25)9-14-5-7-21-11-14;3-2(4,5)1(6)7/h3-4,6,8,10,14,16,21H,5,7,9,11-13H2,1-2H3;(H,6,7)/t14-;/m0./s1. The van der Waals surface area contributed by atoms with Gasteiger partial charge in [0.25, 0.3) is 0 Å². The molecule has 0 spiro atoms. The molecule has 2 fully saturated rings. The Bertz CT molecular complexity index is 980. The van der Waals surface area contributed by atoms with Gasteiger partial charge in [0.1, 0.15) is 5.75 Å². The molecular formula is C22H27F3N4O4. The summed E-state index contributed by atoms with van der Waals surface area (Å²) in [4.78, 5) is 23.3. The number of benzene rings is 1. The Morgan fingerprint density at radius 1 is 1.27 bits per heavy atom. The molecule has 180 valence electrons. The number of carbonyl (C=O) groups excluding carboxylic acids is 1. The summed E-state index contributed by atoms with van der Waals surface area (Å²) < 4.78 is 39.1. The highest BCUT2D eigenvalue weighted by atomic mass is 19.4. The third-order valence-corrected chi connectivity index (χ3v) is 5.89. The summed E-state index contributed by atoms with van der Waals surface area (Å²) in [5.74, 6) is -0.696. The largest absolute Gasteiger partial charge is 0.496 e. The first-order valence-corrected chi connectivity index (χ1v) is 10.5. The molecule has 0 radical (unpaired) electrons. The minimum Gasteiger partial charge on any atom is -0.496 e. The van der Waals surface area contributed by atoms with E-state index in [0.29, 0.717) is 24.2 Å². The Balaban J connectivity index is 0.000000383. The molecule has 0 saturated carbocycles. The molecule has 2 aliphatic rings. The number of hydrogen-bond acceptors (Lipinski definition) is 5. The van der Waals surface area contributed by atoms with Crippen molar-refractivity contribution in [1.82, 2.24) is 20.0 Å². The van der Waals surface area contributed by atoms with Crippen LogP contribution < -0.4 is 10.1 Å². The number of methoxy groups -OCH3 is 1. The van der Waals surface area contributed by atoms with Crippen LogP contribution in [0.15, 0.2) is 30.5 Å². The number of carboxylic acid groups (broad SMARTS) is 1. The van der Waals surface area contributed by atoms with Crippen molar-refractivity contribution in [2.75, 3.05) is 33.3 Å². The van der Waals surface area contributed by atoms with E-state index in [1.54, 1.807) is 13.3 Å². The van der Waals surface area contributed by atoms with Gasteiger partial charge in [0, 0.05) is 44.2 Å². The molecule has 1 aromatic heterocycles. The molecule has 0 bridgehead atoms. The lowest BCUT2D eigenvalue weighted by molar-refractivity contribution is -0.192. The quantitative estimate of drug-likeness (QED) is 0.701. The number of ether oxygens (including phenoxy) is 1. The van der Waals surface area contributed by atoms with E-state index < -0.39 is 12.1 Å². The van der Waals surface area contributed by atoms with Crippen molar-refractivity contribution in [3.05, 3.63) is 36.0 Å². The summed E-state index contributed by atoms with van der Waals surface area (Å²) in [7, 11) is 3.62. The number of aromatic nitrogens is 2. The van der Waals surface area contributed by atoms with Gasteiger partial charge in [-0.1, -0.05) is 6.07 Å². The van der Waals surface area contributed by atoms with Gasteiger partial charge in [-0.05, 0) is 49.2 Å². The molecule has 2 aromatic rings. The molecule has 4 rings (SSSR count). The molecule has 1 aromatic carbocycles. The molecule has 2 saturated heterocycles. The van der Waals surface area contributed by atoms with Crippen LogP contribution in [0.5, 0.6) is 5.75 Å². The number of amides is 1. The third kappa shape index (κ3) is 6.04. The topological polar surface area (TPSA) is 96.7 Å². The van der Waals surface area contributed by atoms with Gasteiger partial charge in [0.15, 0.2) is 0 Å². The van der Waals surface area contributed by atoms with E-state index in [1.165, 1.54) is 5.56 Å². The number of halogens is 3. The second kappa shape index (κ2) is 10.2. The number of likely N-dealkylation sites (tertiary alicyclic amines) is 1. The molecule has 2 aliphatic heterocycles. The van der Waals surface area contributed by atoms with Crippen LogP contribution in [0.25, 0.3) is 11.3 Å². The van der Waals surface area contributed by atoms with E-state index >= 15 is 0 Å². The zero-order valence-corrected chi connectivity index (χ0v) is 18.4. The minimum atomic E-state index is -5.08. The van der Waals surface area contributed by atoms with E-state index in [4.69, 9.17) is 14.6 Å². The number of nitrogens with zero attached hydrogens (tertiary/aromatic N) is 3. The molecular weight excluding hydrogens is 441 g/mol. The normalized spacial score (nSPS) is 18.3. The van der Waals surface area contributed by atoms with Gasteiger partial charge in [-0.2, -0.15) is 18.3 Å². The van der Waals surface area contributed by atoms with E-state index in [0.717, 1.165) is 49.6 Å². The highest BCUT2D eigenvalue weighted by Crippen LogP contribution is 2.36. The average Bonchev–Trinajstić information content (AvgIpc) is 3.38. The highest BCUT2D eigenvalue weighted by Gasteiger charge is 2.38. The second-order valence-electron chi connectivity index (χ2n) is 8.16. The number of alkyl halides is 3. The third-order valence-electron chi connectivity index (χ3n) is 5.89. The van der Waals surface area contributed by atoms with Crippen molar-refractivity contribution in [3.8, 4) is 17.0 Å². The predicted molar refractivity (Wildman–Crippen MR) is 114 cm³/mol. The Kier molecular flexibility index (Phi) is 7.62. The smallest absolute Gasteiger partial charge is 0.490 e. The Morgan fingerprint density at radius 3 is 2.48 bits per heavy atom. The highest BCUT2D eigenvalue weighted by molar-refractivity contribution is 5.78. The Morgan fingerprint density at radius 2 is 1.97 bits per heavy atom. The molecule has 1 atom stereocenters. The van der Waals surface area contributed by atoms with Crippen LogP contribution >= 0.6 is 0 Å². The molecule has 0 unspecified atom stereocenters. The molecule has 0 aliphatic carbocycles. The van der Waals surface area contributed by atoms with Gasteiger partial charge in [-0.3, -0.25) is 9.48 Å². The second-order valence-corrected chi connectivity index (χ2v) is 8.16. The maximum Gasteiger partial charge on any atom is 0.490 e. The lowest BCUT2D eigenvalue weighted by Crippen LogP contribution is -2.49. The van der Waals surface area contributed by atoms with Gasteiger partial charge < -0.3 is 20.1 Å². The number of carbonyl (C=O) groups is 2. The number of hydrogen-bond donors (Lipinski definition) is 2. The van der Waals surface area contributed by atoms with Gasteiger partial charge in [0.2, 0.25) is 5.91 Å². The summed E-state index contributed by atoms with van der Waals surface area (Å²) in [6.07, 6.45) is -1.48. The summed E-state index contributed by atoms with van der Waals surface area (Å²) in [5, 5.41) is 14.7. The van der Waals surface area contributed by atoms with Gasteiger partial charge in [0.05, 0.1) is 12.8 Å². The first-order valence-electron chi connectivity index (χ1n) is 10.5. The van der Waals surface area contributed by atoms with Crippen LogP contribution in [-0.2, 0) is 16.6 Å². The Hall–Kier alpha value is -3.08. The van der Waals surface area contributed by atoms with Crippen LogP contribution in [0.3, 0.4) is 0 Å². The number of nitrogens with one attached hydrogen (secondary N) is 1. The van der Waals surface area contributed by atoms with Crippen molar-refractivity contribution in [1.29, 1.82) is 0 Å². The van der Waals surface area contributed by atoms with Crippen LogP contribution in [0.4, 0.5) is 13.2 Å². The summed E-state index contributed by atoms with van der Waals surface area (Å²) in [6.45, 7) is 3.66. The summed E-state index contributed by atoms with van der Waals surface area (Å²) in [5.41, 5.74) is 3.34. The fraction of sp³-hybridized carbons (Fsp3) is 0.500. The fourth-order valence-electron chi connectivity index (χ4n) is 3.98. The predicted octanol–water partition coefficient (Wildman–Crippen LogP) is 2.65. The fourth-order valence-corrected chi connectivity index (χ4v) is 3.98. The zero-order valence-electron chi connectivity index (χ0n) is 18.4. The molecule has 1 amide bonds. The zero-order chi connectivity index (χ0) is 24.2. The van der Waals surface area contributed by atoms with E-state index in [1.807, 2.05) is 28.8 Å². The van der Waals surface area contributed by atoms with Crippen molar-refractivity contribution < 1.29 is 32.6 Å². The van der Waals surface area contributed by atoms with Crippen molar-refractivity contribution in [2.24, 2.45) is 13.0 Å². The van der Waals surface area contributed by atoms with Crippen molar-refractivity contribution in [2.45, 2.75) is 24.9 Å². The lowest BCUT2D eigenvalue weighted by Gasteiger charge is -2.40. The molecule has 33 heavy (non-hydrogen) atoms. The average molecular weight is 468 g/mol. The first kappa shape index (κ1) is 24.6. The Labute approximate surface area is 189 Å². The number of aryl methyl sites for hydroxylation is 1. The van der Waals surface area contributed by atoms with Crippen molar-refractivity contribution >= 4 is 11.9 Å². The number of aliphatic carboxylic acids is 1. The van der Waals surface area contributed by atoms with E-state index in [-0.39, 0.29) is 0 Å². The molecule has 8 nitrogen and oxygen atoms in total. The van der Waals surface area contributed by atoms with Crippen LogP contribution in [-0.4, -0.2) is 71.1 Å². The van der Waals surface area contributed by atoms with Gasteiger partial charge in [-0.25, -0.2) is 4.79 Å². The summed E-state index contributed by atoms with van der Waals surface area (Å²) >= 11 is 0. The monoisotopic (exact) mass is 468 g/mol. The molecule has 3 heterocycles. The molecule has 2 N–H and O–H groups in total. The lowest BCUT2D eigenvalue weighted by atomic mass is 9.89. The molecule has 11 heteroatoms. The van der Waals surface area contributed by atoms with Gasteiger partial charge in [-0.15, -0.1) is 0 Å². The number of carboxylic acids is 1. The van der Waals surface area contributed by atoms with E-state index in [9.17, 15) is 18.0 Å². The van der Waals surface area contributed by atoms with Gasteiger partial charge >= 0.3 is 12.1 Å². The van der Waals surface area contributed by atoms with Crippen molar-refractivity contribution in [3.63, 3.8) is 0 Å². The maximum atomic E-state index is 12.4. The first-order chi connectivity index (χ1) is 15.6.